The molecule has 1 heterocycles. The molecule has 0 N–H and O–H groups in total. The van der Waals surface area contributed by atoms with Gasteiger partial charge in [-0.2, -0.15) is 0 Å². The Kier molecular flexibility index (Phi) is 5.21. The summed E-state index contributed by atoms with van der Waals surface area (Å²) < 4.78 is 10.8. The second-order valence-corrected chi connectivity index (χ2v) is 8.43. The van der Waals surface area contributed by atoms with Gasteiger partial charge in [0, 0.05) is 12.1 Å². The lowest BCUT2D eigenvalue weighted by molar-refractivity contribution is -0.160. The van der Waals surface area contributed by atoms with Crippen molar-refractivity contribution >= 4 is 11.8 Å². The standard InChI is InChI=1S/C22H30N2O4/c1-14-4-7-16(8-5-14)23-13-20(25)24(17-9-10-17)21(22(23)26)15-6-11-18(27-2)19(12-15)28-3/h6,11-12,14,16-17,21H,4-5,7-10,13H2,1-3H3. The molecule has 3 aliphatic rings. The van der Waals surface area contributed by atoms with Crippen LogP contribution in [0.3, 0.4) is 0 Å². The van der Waals surface area contributed by atoms with E-state index in [9.17, 15) is 9.59 Å². The summed E-state index contributed by atoms with van der Waals surface area (Å²) in [6, 6.07) is 5.35. The molecule has 1 atom stereocenters. The van der Waals surface area contributed by atoms with Crippen molar-refractivity contribution in [3.63, 3.8) is 0 Å². The first-order valence-electron chi connectivity index (χ1n) is 10.4. The molecule has 1 unspecified atom stereocenters. The van der Waals surface area contributed by atoms with Crippen molar-refractivity contribution in [2.24, 2.45) is 5.92 Å². The van der Waals surface area contributed by atoms with Crippen LogP contribution in [0.1, 0.15) is 57.1 Å². The van der Waals surface area contributed by atoms with Gasteiger partial charge < -0.3 is 19.3 Å². The maximum atomic E-state index is 13.6. The van der Waals surface area contributed by atoms with Gasteiger partial charge in [0.05, 0.1) is 14.2 Å². The van der Waals surface area contributed by atoms with Gasteiger partial charge in [-0.25, -0.2) is 0 Å². The zero-order chi connectivity index (χ0) is 19.8. The summed E-state index contributed by atoms with van der Waals surface area (Å²) >= 11 is 0. The Hall–Kier alpha value is -2.24. The number of ether oxygens (including phenoxy) is 2. The molecule has 1 aliphatic heterocycles. The van der Waals surface area contributed by atoms with E-state index in [1.54, 1.807) is 14.2 Å². The molecule has 3 fully saturated rings. The first-order chi connectivity index (χ1) is 13.5. The van der Waals surface area contributed by atoms with Gasteiger partial charge in [-0.15, -0.1) is 0 Å². The first kappa shape index (κ1) is 19.1. The van der Waals surface area contributed by atoms with Gasteiger partial charge >= 0.3 is 0 Å². The number of rotatable bonds is 5. The number of methoxy groups -OCH3 is 2. The van der Waals surface area contributed by atoms with Crippen LogP contribution in [0.2, 0.25) is 0 Å². The van der Waals surface area contributed by atoms with Gasteiger partial charge in [0.1, 0.15) is 12.6 Å². The van der Waals surface area contributed by atoms with E-state index in [2.05, 4.69) is 6.92 Å². The third-order valence-electron chi connectivity index (χ3n) is 6.48. The molecule has 2 amide bonds. The molecule has 2 saturated carbocycles. The van der Waals surface area contributed by atoms with E-state index in [0.29, 0.717) is 17.4 Å². The smallest absolute Gasteiger partial charge is 0.250 e. The van der Waals surface area contributed by atoms with Gasteiger partial charge in [0.2, 0.25) is 5.91 Å². The number of hydrogen-bond donors (Lipinski definition) is 0. The van der Waals surface area contributed by atoms with Crippen LogP contribution in [-0.4, -0.2) is 54.5 Å². The summed E-state index contributed by atoms with van der Waals surface area (Å²) in [6.45, 7) is 2.48. The minimum absolute atomic E-state index is 0.0540. The zero-order valence-electron chi connectivity index (χ0n) is 17.0. The van der Waals surface area contributed by atoms with Gasteiger partial charge in [-0.05, 0) is 62.1 Å². The molecule has 1 aromatic rings. The second-order valence-electron chi connectivity index (χ2n) is 8.43. The van der Waals surface area contributed by atoms with Crippen molar-refractivity contribution in [2.45, 2.75) is 63.6 Å². The molecule has 1 saturated heterocycles. The Morgan fingerprint density at radius 1 is 0.893 bits per heavy atom. The third kappa shape index (κ3) is 3.45. The maximum Gasteiger partial charge on any atom is 0.250 e. The number of nitrogens with zero attached hydrogens (tertiary/aromatic N) is 2. The molecular formula is C22H30N2O4. The van der Waals surface area contributed by atoms with E-state index in [0.717, 1.165) is 44.1 Å². The van der Waals surface area contributed by atoms with Crippen molar-refractivity contribution in [1.82, 2.24) is 9.80 Å². The fourth-order valence-corrected chi connectivity index (χ4v) is 4.68. The average molecular weight is 386 g/mol. The molecule has 28 heavy (non-hydrogen) atoms. The monoisotopic (exact) mass is 386 g/mol. The quantitative estimate of drug-likeness (QED) is 0.780. The Morgan fingerprint density at radius 3 is 2.14 bits per heavy atom. The van der Waals surface area contributed by atoms with Gasteiger partial charge in [-0.3, -0.25) is 9.59 Å². The normalized spacial score (nSPS) is 28.5. The Labute approximate surface area is 166 Å². The second kappa shape index (κ2) is 7.64. The van der Waals surface area contributed by atoms with E-state index < -0.39 is 6.04 Å². The van der Waals surface area contributed by atoms with Crippen molar-refractivity contribution in [3.05, 3.63) is 23.8 Å². The fourth-order valence-electron chi connectivity index (χ4n) is 4.68. The largest absolute Gasteiger partial charge is 0.493 e. The third-order valence-corrected chi connectivity index (χ3v) is 6.48. The predicted molar refractivity (Wildman–Crippen MR) is 105 cm³/mol. The molecule has 0 bridgehead atoms. The predicted octanol–water partition coefficient (Wildman–Crippen LogP) is 3.16. The lowest BCUT2D eigenvalue weighted by Gasteiger charge is -2.45. The molecule has 0 aromatic heterocycles. The summed E-state index contributed by atoms with van der Waals surface area (Å²) in [5.41, 5.74) is 0.803. The van der Waals surface area contributed by atoms with Crippen LogP contribution in [0.5, 0.6) is 11.5 Å². The molecule has 1 aromatic carbocycles. The first-order valence-corrected chi connectivity index (χ1v) is 10.4. The highest BCUT2D eigenvalue weighted by Crippen LogP contribution is 2.41. The van der Waals surface area contributed by atoms with Crippen molar-refractivity contribution in [2.75, 3.05) is 20.8 Å². The van der Waals surface area contributed by atoms with Crippen LogP contribution in [0.4, 0.5) is 0 Å². The van der Waals surface area contributed by atoms with Crippen LogP contribution in [0.25, 0.3) is 0 Å². The molecule has 6 nitrogen and oxygen atoms in total. The maximum absolute atomic E-state index is 13.6. The number of carbonyl (C=O) groups excluding carboxylic acids is 2. The molecule has 152 valence electrons. The lowest BCUT2D eigenvalue weighted by atomic mass is 9.85. The zero-order valence-corrected chi connectivity index (χ0v) is 17.0. The number of piperazine rings is 1. The van der Waals surface area contributed by atoms with Gasteiger partial charge in [0.25, 0.3) is 5.91 Å². The number of hydrogen-bond acceptors (Lipinski definition) is 4. The summed E-state index contributed by atoms with van der Waals surface area (Å²) in [5, 5.41) is 0. The summed E-state index contributed by atoms with van der Waals surface area (Å²) in [5.74, 6) is 2.03. The number of amides is 2. The Morgan fingerprint density at radius 2 is 1.54 bits per heavy atom. The highest BCUT2D eigenvalue weighted by Gasteiger charge is 2.48. The SMILES string of the molecule is COc1ccc(C2C(=O)N(C3CCC(C)CC3)CC(=O)N2C2CC2)cc1OC. The van der Waals surface area contributed by atoms with E-state index >= 15 is 0 Å². The summed E-state index contributed by atoms with van der Waals surface area (Å²) in [7, 11) is 3.18. The van der Waals surface area contributed by atoms with Gasteiger partial charge in [-0.1, -0.05) is 13.0 Å². The molecule has 4 rings (SSSR count). The molecular weight excluding hydrogens is 356 g/mol. The van der Waals surface area contributed by atoms with Crippen molar-refractivity contribution in [1.29, 1.82) is 0 Å². The molecule has 2 aliphatic carbocycles. The molecule has 0 spiro atoms. The van der Waals surface area contributed by atoms with Crippen LogP contribution in [0.15, 0.2) is 18.2 Å². The van der Waals surface area contributed by atoms with Crippen LogP contribution >= 0.6 is 0 Å². The lowest BCUT2D eigenvalue weighted by Crippen LogP contribution is -2.59. The average Bonchev–Trinajstić information content (AvgIpc) is 3.54. The minimum atomic E-state index is -0.562. The Balaban J connectivity index is 1.67. The van der Waals surface area contributed by atoms with Gasteiger partial charge in [0.15, 0.2) is 11.5 Å². The van der Waals surface area contributed by atoms with Crippen molar-refractivity contribution in [3.8, 4) is 11.5 Å². The fraction of sp³-hybridized carbons (Fsp3) is 0.636. The highest BCUT2D eigenvalue weighted by atomic mass is 16.5. The number of carbonyl (C=O) groups is 2. The number of benzene rings is 1. The van der Waals surface area contributed by atoms with E-state index in [1.165, 1.54) is 0 Å². The molecule has 0 radical (unpaired) electrons. The topological polar surface area (TPSA) is 59.1 Å². The van der Waals surface area contributed by atoms with Crippen LogP contribution in [-0.2, 0) is 9.59 Å². The van der Waals surface area contributed by atoms with E-state index in [4.69, 9.17) is 9.47 Å². The van der Waals surface area contributed by atoms with E-state index in [-0.39, 0.29) is 30.4 Å². The van der Waals surface area contributed by atoms with Crippen LogP contribution < -0.4 is 9.47 Å². The van der Waals surface area contributed by atoms with E-state index in [1.807, 2.05) is 28.0 Å². The minimum Gasteiger partial charge on any atom is -0.493 e. The van der Waals surface area contributed by atoms with Crippen molar-refractivity contribution < 1.29 is 19.1 Å². The summed E-state index contributed by atoms with van der Waals surface area (Å²) in [4.78, 5) is 30.4. The summed E-state index contributed by atoms with van der Waals surface area (Å²) in [6.07, 6.45) is 6.17. The van der Waals surface area contributed by atoms with Crippen LogP contribution in [0, 0.1) is 5.92 Å². The molecule has 6 heteroatoms. The highest BCUT2D eigenvalue weighted by molar-refractivity contribution is 5.96. The Bertz CT molecular complexity index is 753.